The summed E-state index contributed by atoms with van der Waals surface area (Å²) in [5, 5.41) is 0. The fourth-order valence-corrected chi connectivity index (χ4v) is 1.95. The lowest BCUT2D eigenvalue weighted by atomic mass is 10.2. The number of dihydropyridines is 1. The second-order valence-electron chi connectivity index (χ2n) is 2.29. The van der Waals surface area contributed by atoms with Crippen LogP contribution in [0.2, 0.25) is 0 Å². The summed E-state index contributed by atoms with van der Waals surface area (Å²) >= 11 is 0. The summed E-state index contributed by atoms with van der Waals surface area (Å²) in [6.45, 7) is 0. The minimum absolute atomic E-state index is 0.0386. The highest BCUT2D eigenvalue weighted by molar-refractivity contribution is 7.73. The molecule has 4 heteroatoms. The van der Waals surface area contributed by atoms with Crippen molar-refractivity contribution < 1.29 is 8.42 Å². The molecule has 2 atom stereocenters. The van der Waals surface area contributed by atoms with Crippen molar-refractivity contribution in [3.05, 3.63) is 12.2 Å². The number of rotatable bonds is 0. The third kappa shape index (κ3) is 0.593. The highest BCUT2D eigenvalue weighted by Crippen LogP contribution is 2.21. The first-order valence-electron chi connectivity index (χ1n) is 2.96. The monoisotopic (exact) mass is 155 g/mol. The topological polar surface area (TPSA) is 46.5 Å². The third-order valence-corrected chi connectivity index (χ3v) is 2.62. The van der Waals surface area contributed by atoms with Crippen LogP contribution in [0.4, 0.5) is 0 Å². The third-order valence-electron chi connectivity index (χ3n) is 1.72. The molecule has 2 rings (SSSR count). The lowest BCUT2D eigenvalue weighted by molar-refractivity contribution is 0.626. The van der Waals surface area contributed by atoms with Crippen molar-refractivity contribution in [2.75, 3.05) is 0 Å². The molecule has 0 aromatic carbocycles. The molecule has 10 heavy (non-hydrogen) atoms. The predicted octanol–water partition coefficient (Wildman–Crippen LogP) is -0.323. The molecule has 3 nitrogen and oxygen atoms in total. The van der Waals surface area contributed by atoms with Crippen molar-refractivity contribution in [1.82, 2.24) is 0 Å². The van der Waals surface area contributed by atoms with Gasteiger partial charge in [0, 0.05) is 6.21 Å². The number of hydrogen-bond acceptors (Lipinski definition) is 3. The zero-order valence-corrected chi connectivity index (χ0v) is 5.88. The molecule has 0 aromatic rings. The van der Waals surface area contributed by atoms with Gasteiger partial charge in [0.1, 0.15) is 6.04 Å². The van der Waals surface area contributed by atoms with Crippen LogP contribution in [0.5, 0.6) is 0 Å². The molecule has 0 saturated heterocycles. The van der Waals surface area contributed by atoms with Crippen LogP contribution in [-0.2, 0) is 10.3 Å². The van der Waals surface area contributed by atoms with E-state index in [9.17, 15) is 8.42 Å². The van der Waals surface area contributed by atoms with Gasteiger partial charge in [0.05, 0.1) is 10.8 Å². The van der Waals surface area contributed by atoms with Crippen molar-refractivity contribution in [1.29, 1.82) is 0 Å². The molecule has 0 fully saturated rings. The molecule has 2 unspecified atom stereocenters. The Morgan fingerprint density at radius 1 is 1.40 bits per heavy atom. The average molecular weight is 155 g/mol. The molecule has 1 aliphatic heterocycles. The van der Waals surface area contributed by atoms with Crippen LogP contribution >= 0.6 is 0 Å². The maximum absolute atomic E-state index is 10.5. The summed E-state index contributed by atoms with van der Waals surface area (Å²) in [6, 6.07) is -0.177. The maximum atomic E-state index is 10.5. The summed E-state index contributed by atoms with van der Waals surface area (Å²) in [7, 11) is -2.06. The average Bonchev–Trinajstić information content (AvgIpc) is 2.43. The van der Waals surface area contributed by atoms with Crippen LogP contribution in [0, 0.1) is 5.92 Å². The van der Waals surface area contributed by atoms with Crippen LogP contribution in [0.15, 0.2) is 17.1 Å². The van der Waals surface area contributed by atoms with Gasteiger partial charge >= 0.3 is 0 Å². The molecule has 2 aliphatic rings. The van der Waals surface area contributed by atoms with Crippen molar-refractivity contribution in [3.8, 4) is 0 Å². The van der Waals surface area contributed by atoms with Gasteiger partial charge in [-0.15, -0.1) is 0 Å². The van der Waals surface area contributed by atoms with Gasteiger partial charge < -0.3 is 0 Å². The number of nitrogens with zero attached hydrogens (tertiary/aromatic N) is 1. The van der Waals surface area contributed by atoms with Crippen molar-refractivity contribution in [3.63, 3.8) is 0 Å². The standard InChI is InChI=1S/C6H5NO2S/c8-10(9)6-4-1-2-5(6)7-3-4/h1-5H. The molecule has 0 radical (unpaired) electrons. The summed E-state index contributed by atoms with van der Waals surface area (Å²) in [5.41, 5.74) is 0. The van der Waals surface area contributed by atoms with E-state index in [1.807, 2.05) is 12.2 Å². The maximum Gasteiger partial charge on any atom is 0.216 e. The zero-order chi connectivity index (χ0) is 7.14. The van der Waals surface area contributed by atoms with Gasteiger partial charge in [-0.05, 0) is 0 Å². The van der Waals surface area contributed by atoms with Gasteiger partial charge in [-0.1, -0.05) is 12.2 Å². The molecule has 0 aromatic heterocycles. The van der Waals surface area contributed by atoms with Crippen LogP contribution in [0.1, 0.15) is 0 Å². The number of allylic oxidation sites excluding steroid dienone is 1. The van der Waals surface area contributed by atoms with Gasteiger partial charge in [-0.3, -0.25) is 4.99 Å². The van der Waals surface area contributed by atoms with Gasteiger partial charge in [-0.25, -0.2) is 0 Å². The first-order valence-corrected chi connectivity index (χ1v) is 4.04. The molecular weight excluding hydrogens is 150 g/mol. The summed E-state index contributed by atoms with van der Waals surface area (Å²) in [4.78, 5) is 4.46. The van der Waals surface area contributed by atoms with E-state index in [-0.39, 0.29) is 12.0 Å². The Hall–Kier alpha value is -0.900. The molecule has 0 spiro atoms. The first-order chi connectivity index (χ1) is 4.79. The van der Waals surface area contributed by atoms with E-state index in [1.54, 1.807) is 6.21 Å². The van der Waals surface area contributed by atoms with E-state index in [0.717, 1.165) is 0 Å². The van der Waals surface area contributed by atoms with Crippen LogP contribution in [0.3, 0.4) is 0 Å². The highest BCUT2D eigenvalue weighted by atomic mass is 32.2. The second kappa shape index (κ2) is 1.79. The Kier molecular flexibility index (Phi) is 1.05. The lowest BCUT2D eigenvalue weighted by Gasteiger charge is -1.91. The number of aliphatic imine (C=N–C) groups is 1. The molecular formula is C6H5NO2S. The highest BCUT2D eigenvalue weighted by Gasteiger charge is 2.31. The second-order valence-corrected chi connectivity index (χ2v) is 3.23. The smallest absolute Gasteiger partial charge is 0.216 e. The van der Waals surface area contributed by atoms with Gasteiger partial charge in [0.15, 0.2) is 0 Å². The van der Waals surface area contributed by atoms with Crippen LogP contribution < -0.4 is 0 Å². The molecule has 0 saturated carbocycles. The van der Waals surface area contributed by atoms with Crippen molar-refractivity contribution in [2.24, 2.45) is 10.9 Å². The Balaban J connectivity index is 2.63. The normalized spacial score (nSPS) is 33.8. The Morgan fingerprint density at radius 3 is 2.40 bits per heavy atom. The number of fused-ring (bicyclic) bond motifs is 2. The fourth-order valence-electron chi connectivity index (χ4n) is 1.25. The molecule has 52 valence electrons. The minimum Gasteiger partial charge on any atom is -0.284 e. The summed E-state index contributed by atoms with van der Waals surface area (Å²) in [6.07, 6.45) is 5.36. The quantitative estimate of drug-likeness (QED) is 0.355. The SMILES string of the molecule is O=S(=O)=C1C2C=CC1N=C2. The zero-order valence-electron chi connectivity index (χ0n) is 5.06. The van der Waals surface area contributed by atoms with E-state index >= 15 is 0 Å². The van der Waals surface area contributed by atoms with E-state index < -0.39 is 10.3 Å². The van der Waals surface area contributed by atoms with E-state index in [4.69, 9.17) is 0 Å². The Morgan fingerprint density at radius 2 is 2.20 bits per heavy atom. The van der Waals surface area contributed by atoms with Crippen LogP contribution in [0.25, 0.3) is 0 Å². The summed E-state index contributed by atoms with van der Waals surface area (Å²) < 4.78 is 21.0. The van der Waals surface area contributed by atoms with Gasteiger partial charge in [0.25, 0.3) is 0 Å². The molecule has 0 N–H and O–H groups in total. The fraction of sp³-hybridized carbons (Fsp3) is 0.333. The molecule has 1 aliphatic carbocycles. The van der Waals surface area contributed by atoms with E-state index in [0.29, 0.717) is 4.86 Å². The molecule has 0 amide bonds. The van der Waals surface area contributed by atoms with Crippen molar-refractivity contribution in [2.45, 2.75) is 6.04 Å². The minimum atomic E-state index is -2.06. The Labute approximate surface area is 59.6 Å². The van der Waals surface area contributed by atoms with Crippen molar-refractivity contribution >= 4 is 21.4 Å². The predicted molar refractivity (Wildman–Crippen MR) is 38.8 cm³/mol. The van der Waals surface area contributed by atoms with Gasteiger partial charge in [0.2, 0.25) is 10.3 Å². The molecule has 2 bridgehead atoms. The first kappa shape index (κ1) is 5.85. The van der Waals surface area contributed by atoms with E-state index in [1.165, 1.54) is 0 Å². The summed E-state index contributed by atoms with van der Waals surface area (Å²) in [5.74, 6) is -0.0386. The van der Waals surface area contributed by atoms with Gasteiger partial charge in [-0.2, -0.15) is 8.42 Å². The number of hydrogen-bond donors (Lipinski definition) is 0. The lowest BCUT2D eigenvalue weighted by Crippen LogP contribution is -2.12. The van der Waals surface area contributed by atoms with Crippen LogP contribution in [-0.4, -0.2) is 25.5 Å². The largest absolute Gasteiger partial charge is 0.284 e. The van der Waals surface area contributed by atoms with E-state index in [2.05, 4.69) is 4.99 Å². The Bertz CT molecular complexity index is 310. The molecule has 1 heterocycles.